The smallest absolute Gasteiger partial charge is 0.222 e. The molecule has 0 unspecified atom stereocenters. The minimum atomic E-state index is -0.250. The van der Waals surface area contributed by atoms with Gasteiger partial charge in [-0.1, -0.05) is 24.3 Å². The lowest BCUT2D eigenvalue weighted by atomic mass is 10.1. The van der Waals surface area contributed by atoms with Crippen LogP contribution in [0.5, 0.6) is 0 Å². The van der Waals surface area contributed by atoms with Crippen LogP contribution in [-0.4, -0.2) is 54.3 Å². The number of hydrogen-bond acceptors (Lipinski definition) is 3. The molecule has 0 radical (unpaired) electrons. The van der Waals surface area contributed by atoms with Crippen LogP contribution in [0.15, 0.2) is 48.5 Å². The third-order valence-corrected chi connectivity index (χ3v) is 5.26. The van der Waals surface area contributed by atoms with Crippen molar-refractivity contribution in [2.45, 2.75) is 26.2 Å². The molecule has 1 aliphatic heterocycles. The monoisotopic (exact) mass is 397 g/mol. The summed E-state index contributed by atoms with van der Waals surface area (Å²) in [6.07, 6.45) is 2.05. The van der Waals surface area contributed by atoms with E-state index in [0.717, 1.165) is 50.4 Å². The summed E-state index contributed by atoms with van der Waals surface area (Å²) in [5, 5.41) is 2.77. The van der Waals surface area contributed by atoms with E-state index in [0.29, 0.717) is 12.8 Å². The van der Waals surface area contributed by atoms with Gasteiger partial charge in [-0.2, -0.15) is 0 Å². The molecule has 154 valence electrons. The number of benzene rings is 2. The molecule has 1 N–H and O–H groups in total. The van der Waals surface area contributed by atoms with Crippen molar-refractivity contribution in [1.82, 2.24) is 9.80 Å². The lowest BCUT2D eigenvalue weighted by molar-refractivity contribution is -0.132. The number of hydrogen-bond donors (Lipinski definition) is 1. The van der Waals surface area contributed by atoms with Crippen LogP contribution >= 0.6 is 0 Å². The van der Waals surface area contributed by atoms with Crippen LogP contribution in [0.1, 0.15) is 24.5 Å². The third-order valence-electron chi connectivity index (χ3n) is 5.26. The molecular formula is C23H28FN3O2. The zero-order chi connectivity index (χ0) is 20.6. The predicted octanol–water partition coefficient (Wildman–Crippen LogP) is 3.10. The van der Waals surface area contributed by atoms with Crippen LogP contribution in [0.4, 0.5) is 10.1 Å². The highest BCUT2D eigenvalue weighted by Crippen LogP contribution is 2.12. The van der Waals surface area contributed by atoms with Gasteiger partial charge >= 0.3 is 0 Å². The maximum Gasteiger partial charge on any atom is 0.222 e. The minimum absolute atomic E-state index is 0.0668. The maximum absolute atomic E-state index is 13.0. The summed E-state index contributed by atoms with van der Waals surface area (Å²) in [5.74, 6) is -0.148. The molecule has 29 heavy (non-hydrogen) atoms. The van der Waals surface area contributed by atoms with Crippen LogP contribution in [0.2, 0.25) is 0 Å². The molecule has 2 aromatic carbocycles. The summed E-state index contributed by atoms with van der Waals surface area (Å²) in [6, 6.07) is 14.3. The van der Waals surface area contributed by atoms with Crippen LogP contribution in [0.25, 0.3) is 0 Å². The molecule has 1 heterocycles. The Morgan fingerprint density at radius 2 is 1.48 bits per heavy atom. The van der Waals surface area contributed by atoms with Gasteiger partial charge in [0.15, 0.2) is 0 Å². The first-order valence-electron chi connectivity index (χ1n) is 10.1. The number of nitrogens with one attached hydrogen (secondary N) is 1. The lowest BCUT2D eigenvalue weighted by Gasteiger charge is -2.34. The quantitative estimate of drug-likeness (QED) is 0.781. The number of nitrogens with zero attached hydrogens (tertiary/aromatic N) is 2. The first kappa shape index (κ1) is 21.0. The second-order valence-electron chi connectivity index (χ2n) is 7.48. The highest BCUT2D eigenvalue weighted by Gasteiger charge is 2.20. The van der Waals surface area contributed by atoms with Gasteiger partial charge in [-0.3, -0.25) is 14.5 Å². The van der Waals surface area contributed by atoms with Gasteiger partial charge in [0.25, 0.3) is 0 Å². The largest absolute Gasteiger partial charge is 0.340 e. The van der Waals surface area contributed by atoms with Gasteiger partial charge < -0.3 is 10.2 Å². The van der Waals surface area contributed by atoms with Gasteiger partial charge in [0.2, 0.25) is 11.8 Å². The molecule has 2 aromatic rings. The minimum Gasteiger partial charge on any atom is -0.340 e. The Bertz CT molecular complexity index is 813. The van der Waals surface area contributed by atoms with Gasteiger partial charge in [-0.25, -0.2) is 4.39 Å². The van der Waals surface area contributed by atoms with E-state index in [4.69, 9.17) is 0 Å². The number of anilines is 1. The number of amides is 2. The fourth-order valence-corrected chi connectivity index (χ4v) is 3.53. The summed E-state index contributed by atoms with van der Waals surface area (Å²) in [4.78, 5) is 27.8. The number of aryl methyl sites for hydroxylation is 1. The molecule has 5 nitrogen and oxygen atoms in total. The van der Waals surface area contributed by atoms with E-state index in [1.165, 1.54) is 24.6 Å². The standard InChI is InChI=1S/C23H28FN3O2/c1-18(28)25-22-9-4-20(5-10-22)12-13-26-14-16-27(17-15-26)23(29)11-6-19-2-7-21(24)8-3-19/h2-5,7-10H,6,11-17H2,1H3,(H,25,28). The average Bonchev–Trinajstić information content (AvgIpc) is 2.72. The average molecular weight is 397 g/mol. The molecule has 0 atom stereocenters. The zero-order valence-electron chi connectivity index (χ0n) is 16.9. The van der Waals surface area contributed by atoms with Crippen molar-refractivity contribution in [3.8, 4) is 0 Å². The normalized spacial score (nSPS) is 14.6. The fraction of sp³-hybridized carbons (Fsp3) is 0.391. The Kier molecular flexibility index (Phi) is 7.36. The van der Waals surface area contributed by atoms with Crippen molar-refractivity contribution in [2.24, 2.45) is 0 Å². The van der Waals surface area contributed by atoms with E-state index in [1.807, 2.05) is 29.2 Å². The van der Waals surface area contributed by atoms with Gasteiger partial charge in [0.1, 0.15) is 5.82 Å². The van der Waals surface area contributed by atoms with Crippen molar-refractivity contribution in [2.75, 3.05) is 38.0 Å². The molecule has 0 spiro atoms. The number of halogens is 1. The summed E-state index contributed by atoms with van der Waals surface area (Å²) in [5.41, 5.74) is 3.04. The number of carbonyl (C=O) groups is 2. The Hall–Kier alpha value is -2.73. The van der Waals surface area contributed by atoms with E-state index in [9.17, 15) is 14.0 Å². The van der Waals surface area contributed by atoms with Crippen molar-refractivity contribution in [3.63, 3.8) is 0 Å². The molecule has 2 amide bonds. The fourth-order valence-electron chi connectivity index (χ4n) is 3.53. The van der Waals surface area contributed by atoms with Crippen LogP contribution in [0, 0.1) is 5.82 Å². The van der Waals surface area contributed by atoms with Gasteiger partial charge in [0.05, 0.1) is 0 Å². The van der Waals surface area contributed by atoms with Crippen molar-refractivity contribution in [1.29, 1.82) is 0 Å². The highest BCUT2D eigenvalue weighted by atomic mass is 19.1. The maximum atomic E-state index is 13.0. The first-order valence-corrected chi connectivity index (χ1v) is 10.1. The molecule has 0 bridgehead atoms. The highest BCUT2D eigenvalue weighted by molar-refractivity contribution is 5.88. The second-order valence-corrected chi connectivity index (χ2v) is 7.48. The number of piperazine rings is 1. The molecule has 0 aliphatic carbocycles. The Labute approximate surface area is 171 Å². The summed E-state index contributed by atoms with van der Waals surface area (Å²) < 4.78 is 13.0. The van der Waals surface area contributed by atoms with E-state index >= 15 is 0 Å². The predicted molar refractivity (Wildman–Crippen MR) is 112 cm³/mol. The Morgan fingerprint density at radius 1 is 0.897 bits per heavy atom. The molecule has 1 saturated heterocycles. The third kappa shape index (κ3) is 6.68. The van der Waals surface area contributed by atoms with Gasteiger partial charge in [-0.05, 0) is 48.2 Å². The second kappa shape index (κ2) is 10.2. The van der Waals surface area contributed by atoms with Crippen molar-refractivity contribution in [3.05, 3.63) is 65.5 Å². The summed E-state index contributed by atoms with van der Waals surface area (Å²) >= 11 is 0. The van der Waals surface area contributed by atoms with Crippen molar-refractivity contribution < 1.29 is 14.0 Å². The van der Waals surface area contributed by atoms with E-state index in [-0.39, 0.29) is 17.6 Å². The van der Waals surface area contributed by atoms with E-state index in [1.54, 1.807) is 12.1 Å². The van der Waals surface area contributed by atoms with E-state index < -0.39 is 0 Å². The molecule has 1 fully saturated rings. The molecular weight excluding hydrogens is 369 g/mol. The van der Waals surface area contributed by atoms with Crippen molar-refractivity contribution >= 4 is 17.5 Å². The number of rotatable bonds is 7. The molecule has 3 rings (SSSR count). The Balaban J connectivity index is 1.37. The summed E-state index contributed by atoms with van der Waals surface area (Å²) in [7, 11) is 0. The summed E-state index contributed by atoms with van der Waals surface area (Å²) in [6.45, 7) is 5.73. The topological polar surface area (TPSA) is 52.7 Å². The zero-order valence-corrected chi connectivity index (χ0v) is 16.9. The molecule has 0 saturated carbocycles. The van der Waals surface area contributed by atoms with Crippen LogP contribution < -0.4 is 5.32 Å². The lowest BCUT2D eigenvalue weighted by Crippen LogP contribution is -2.49. The first-order chi connectivity index (χ1) is 14.0. The molecule has 1 aliphatic rings. The Morgan fingerprint density at radius 3 is 2.10 bits per heavy atom. The van der Waals surface area contributed by atoms with E-state index in [2.05, 4.69) is 10.2 Å². The number of carbonyl (C=O) groups excluding carboxylic acids is 2. The van der Waals surface area contributed by atoms with Crippen LogP contribution in [0.3, 0.4) is 0 Å². The molecule has 6 heteroatoms. The van der Waals surface area contributed by atoms with Gasteiger partial charge in [0, 0.05) is 51.8 Å². The van der Waals surface area contributed by atoms with Gasteiger partial charge in [-0.15, -0.1) is 0 Å². The molecule has 0 aromatic heterocycles. The van der Waals surface area contributed by atoms with Crippen LogP contribution in [-0.2, 0) is 22.4 Å². The SMILES string of the molecule is CC(=O)Nc1ccc(CCN2CCN(C(=O)CCc3ccc(F)cc3)CC2)cc1.